The first-order valence-corrected chi connectivity index (χ1v) is 14.7. The third kappa shape index (κ3) is 4.86. The Balaban J connectivity index is 1.44. The predicted molar refractivity (Wildman–Crippen MR) is 154 cm³/mol. The van der Waals surface area contributed by atoms with Crippen molar-refractivity contribution in [3.63, 3.8) is 0 Å². The summed E-state index contributed by atoms with van der Waals surface area (Å²) in [5, 5.41) is 41.3. The van der Waals surface area contributed by atoms with Crippen molar-refractivity contribution in [3.05, 3.63) is 55.5 Å². The second kappa shape index (κ2) is 11.1. The quantitative estimate of drug-likeness (QED) is 0.0683. The highest BCUT2D eigenvalue weighted by Gasteiger charge is 2.65. The number of fused-ring (bicyclic) bond motifs is 1. The van der Waals surface area contributed by atoms with E-state index in [2.05, 4.69) is 25.0 Å². The van der Waals surface area contributed by atoms with Gasteiger partial charge >= 0.3 is 5.97 Å². The van der Waals surface area contributed by atoms with Gasteiger partial charge < -0.3 is 31.3 Å². The number of carbonyl (C=O) groups excluding carboxylic acids is 2. The fraction of sp³-hybridized carbons (Fsp3) is 0.227. The van der Waals surface area contributed by atoms with Crippen LogP contribution in [0.3, 0.4) is 0 Å². The Morgan fingerprint density at radius 1 is 1.40 bits per heavy atom. The van der Waals surface area contributed by atoms with E-state index in [1.807, 2.05) is 0 Å². The summed E-state index contributed by atoms with van der Waals surface area (Å²) in [5.41, 5.74) is 3.26. The number of β-lactam (4-membered cyclic amide) rings is 1. The number of thiocarbonyl (C=S) groups is 1. The van der Waals surface area contributed by atoms with Crippen LogP contribution in [0.4, 0.5) is 5.13 Å². The molecular weight excluding hydrogens is 633 g/mol. The number of hydrogen-bond donors (Lipinski definition) is 5. The number of anilines is 1. The molecule has 0 aliphatic carbocycles. The van der Waals surface area contributed by atoms with Crippen molar-refractivity contribution >= 4 is 86.4 Å². The van der Waals surface area contributed by atoms with E-state index in [1.54, 1.807) is 6.92 Å². The summed E-state index contributed by atoms with van der Waals surface area (Å²) in [6.45, 7) is 1.17. The fourth-order valence-electron chi connectivity index (χ4n) is 4.19. The molecule has 3 aromatic heterocycles. The monoisotopic (exact) mass is 650 g/mol. The maximum atomic E-state index is 13.5. The Morgan fingerprint density at radius 2 is 2.17 bits per heavy atom. The molecule has 0 unspecified atom stereocenters. The van der Waals surface area contributed by atoms with Gasteiger partial charge in [-0.3, -0.25) is 19.3 Å². The molecule has 42 heavy (non-hydrogen) atoms. The molecule has 0 aromatic carbocycles. The van der Waals surface area contributed by atoms with E-state index in [0.717, 1.165) is 45.4 Å². The van der Waals surface area contributed by atoms with Gasteiger partial charge in [0.15, 0.2) is 28.7 Å². The number of nitrogens with zero attached hydrogens (tertiary/aromatic N) is 6. The van der Waals surface area contributed by atoms with Gasteiger partial charge in [-0.15, -0.1) is 28.2 Å². The molecule has 2 atom stereocenters. The van der Waals surface area contributed by atoms with E-state index >= 15 is 0 Å². The van der Waals surface area contributed by atoms with Gasteiger partial charge in [-0.05, 0) is 18.5 Å². The first-order chi connectivity index (χ1) is 20.0. The SMILES string of the molecule is Cc1nnsc1C1=C(C(=O)O)N2C(=O)[C@](C=S)(NC(=O)C(=NOCc3cc(=O)c(O)cn3O)c3csc(N)n3)[C@H]2SC1. The van der Waals surface area contributed by atoms with Gasteiger partial charge in [0, 0.05) is 28.1 Å². The van der Waals surface area contributed by atoms with Crippen molar-refractivity contribution in [1.82, 2.24) is 29.5 Å². The molecule has 6 N–H and O–H groups in total. The lowest BCUT2D eigenvalue weighted by molar-refractivity contribution is -0.153. The summed E-state index contributed by atoms with van der Waals surface area (Å²) in [6.07, 6.45) is 0.760. The van der Waals surface area contributed by atoms with E-state index in [9.17, 15) is 34.6 Å². The van der Waals surface area contributed by atoms with Crippen molar-refractivity contribution in [2.75, 3.05) is 11.5 Å². The van der Waals surface area contributed by atoms with Gasteiger partial charge in [0.1, 0.15) is 22.5 Å². The maximum absolute atomic E-state index is 13.5. The third-order valence-electron chi connectivity index (χ3n) is 6.18. The molecule has 0 radical (unpaired) electrons. The summed E-state index contributed by atoms with van der Waals surface area (Å²) >= 11 is 8.37. The number of pyridine rings is 1. The zero-order chi connectivity index (χ0) is 30.3. The maximum Gasteiger partial charge on any atom is 0.353 e. The normalized spacial score (nSPS) is 20.1. The number of amides is 2. The third-order valence-corrected chi connectivity index (χ3v) is 9.47. The molecule has 1 fully saturated rings. The first kappa shape index (κ1) is 29.1. The van der Waals surface area contributed by atoms with Crippen LogP contribution in [0.25, 0.3) is 5.57 Å². The number of hydrogen-bond acceptors (Lipinski definition) is 16. The minimum atomic E-state index is -1.78. The van der Waals surface area contributed by atoms with Crippen LogP contribution in [0.5, 0.6) is 5.75 Å². The molecule has 1 saturated heterocycles. The van der Waals surface area contributed by atoms with E-state index in [1.165, 1.54) is 17.1 Å². The summed E-state index contributed by atoms with van der Waals surface area (Å²) in [7, 11) is 0. The number of aromatic hydroxyl groups is 1. The summed E-state index contributed by atoms with van der Waals surface area (Å²) in [5.74, 6) is -3.59. The van der Waals surface area contributed by atoms with Crippen LogP contribution in [0.2, 0.25) is 0 Å². The summed E-state index contributed by atoms with van der Waals surface area (Å²) in [6, 6.07) is 0.903. The summed E-state index contributed by atoms with van der Waals surface area (Å²) in [4.78, 5) is 61.9. The van der Waals surface area contributed by atoms with Crippen LogP contribution in [0, 0.1) is 6.92 Å². The van der Waals surface area contributed by atoms with E-state index in [4.69, 9.17) is 22.8 Å². The van der Waals surface area contributed by atoms with Crippen molar-refractivity contribution in [2.45, 2.75) is 24.4 Å². The lowest BCUT2D eigenvalue weighted by atomic mass is 9.87. The Labute approximate surface area is 252 Å². The molecule has 2 aliphatic rings. The van der Waals surface area contributed by atoms with Gasteiger partial charge in [0.2, 0.25) is 5.43 Å². The molecule has 2 amide bonds. The predicted octanol–water partition coefficient (Wildman–Crippen LogP) is 0.176. The topological polar surface area (TPSA) is 235 Å². The standard InChI is InChI=1S/C22H18N8O8S4/c1-8-16(42-28-26-8)10-5-40-20-22(7-39,19(36)30(20)15(10)18(34)35)25-17(33)14(11-6-41-21(23)24-11)27-38-4-9-2-12(31)13(32)3-29(9)37/h2-3,6-7,20,32,37H,4-5H2,1H3,(H2,23,24)(H,25,33)(H,34,35)/t20-,22+/m1/s1. The van der Waals surface area contributed by atoms with Crippen molar-refractivity contribution in [3.8, 4) is 5.75 Å². The van der Waals surface area contributed by atoms with Crippen LogP contribution in [-0.4, -0.2) is 85.2 Å². The lowest BCUT2D eigenvalue weighted by Crippen LogP contribution is -2.80. The molecule has 0 bridgehead atoms. The molecule has 16 nitrogen and oxygen atoms in total. The highest BCUT2D eigenvalue weighted by Crippen LogP contribution is 2.48. The van der Waals surface area contributed by atoms with Crippen LogP contribution in [0.1, 0.15) is 22.0 Å². The fourth-order valence-corrected chi connectivity index (χ4v) is 7.35. The minimum Gasteiger partial charge on any atom is -0.503 e. The molecular formula is C22H18N8O8S4. The second-order valence-electron chi connectivity index (χ2n) is 8.74. The number of carbonyl (C=O) groups is 3. The first-order valence-electron chi connectivity index (χ1n) is 11.5. The van der Waals surface area contributed by atoms with Gasteiger partial charge in [0.25, 0.3) is 11.8 Å². The molecule has 0 saturated carbocycles. The Morgan fingerprint density at radius 3 is 2.79 bits per heavy atom. The highest BCUT2D eigenvalue weighted by atomic mass is 32.2. The number of nitrogen functional groups attached to an aromatic ring is 1. The Kier molecular flexibility index (Phi) is 7.70. The van der Waals surface area contributed by atoms with Crippen molar-refractivity contribution < 1.29 is 34.6 Å². The molecule has 5 rings (SSSR count). The minimum absolute atomic E-state index is 0.0110. The molecule has 20 heteroatoms. The molecule has 3 aromatic rings. The number of nitrogens with two attached hydrogens (primary N) is 1. The van der Waals surface area contributed by atoms with Gasteiger partial charge in [-0.1, -0.05) is 21.9 Å². The number of aromatic nitrogens is 4. The number of aryl methyl sites for hydroxylation is 1. The number of nitrogens with one attached hydrogen (secondary N) is 1. The molecule has 2 aliphatic heterocycles. The highest BCUT2D eigenvalue weighted by molar-refractivity contribution is 8.00. The van der Waals surface area contributed by atoms with Gasteiger partial charge in [-0.25, -0.2) is 9.78 Å². The number of aliphatic carboxylic acids is 1. The van der Waals surface area contributed by atoms with Crippen molar-refractivity contribution in [2.24, 2.45) is 5.16 Å². The van der Waals surface area contributed by atoms with Crippen LogP contribution in [0.15, 0.2) is 33.3 Å². The lowest BCUT2D eigenvalue weighted by Gasteiger charge is -2.55. The number of thioether (sulfide) groups is 1. The van der Waals surface area contributed by atoms with Gasteiger partial charge in [0.05, 0.1) is 16.8 Å². The summed E-state index contributed by atoms with van der Waals surface area (Å²) < 4.78 is 4.30. The molecule has 5 heterocycles. The number of carboxylic acid groups (broad SMARTS) is 1. The average Bonchev–Trinajstić information content (AvgIpc) is 3.58. The van der Waals surface area contributed by atoms with E-state index in [-0.39, 0.29) is 28.0 Å². The van der Waals surface area contributed by atoms with Crippen LogP contribution in [-0.2, 0) is 25.8 Å². The molecule has 218 valence electrons. The number of carboxylic acids is 1. The molecule has 0 spiro atoms. The average molecular weight is 651 g/mol. The Bertz CT molecular complexity index is 1760. The number of oxime groups is 1. The zero-order valence-electron chi connectivity index (χ0n) is 21.1. The number of thiazole rings is 1. The van der Waals surface area contributed by atoms with Crippen LogP contribution >= 0.6 is 46.8 Å². The smallest absolute Gasteiger partial charge is 0.353 e. The van der Waals surface area contributed by atoms with Crippen molar-refractivity contribution in [1.29, 1.82) is 0 Å². The van der Waals surface area contributed by atoms with Gasteiger partial charge in [-0.2, -0.15) is 4.73 Å². The second-order valence-corrected chi connectivity index (χ2v) is 11.7. The largest absolute Gasteiger partial charge is 0.503 e. The number of rotatable bonds is 9. The Hall–Kier alpha value is -4.40. The van der Waals surface area contributed by atoms with Crippen LogP contribution < -0.4 is 16.5 Å². The zero-order valence-corrected chi connectivity index (χ0v) is 24.3. The van der Waals surface area contributed by atoms with E-state index in [0.29, 0.717) is 20.9 Å². The van der Waals surface area contributed by atoms with E-state index < -0.39 is 52.2 Å².